The van der Waals surface area contributed by atoms with Gasteiger partial charge in [-0.15, -0.1) is 24.8 Å². The lowest BCUT2D eigenvalue weighted by atomic mass is 10.2. The standard InChI is InChI=1S/C19H25FN2O2.2ClH/c20-19-8-2-1-6-17(19)15-24-18-7-3-5-16(13-18)14-22-10-4-9-21-11-12-23;;/h1-3,5-8,13,21-23H,4,9-12,14-15H2;2*1H. The van der Waals surface area contributed by atoms with Crippen LogP contribution in [0, 0.1) is 5.82 Å². The lowest BCUT2D eigenvalue weighted by molar-refractivity contribution is 0.292. The maximum absolute atomic E-state index is 13.6. The van der Waals surface area contributed by atoms with Gasteiger partial charge in [0.15, 0.2) is 0 Å². The van der Waals surface area contributed by atoms with Crippen molar-refractivity contribution < 1.29 is 14.2 Å². The molecule has 7 heteroatoms. The maximum Gasteiger partial charge on any atom is 0.129 e. The molecule has 0 aromatic heterocycles. The van der Waals surface area contributed by atoms with E-state index >= 15 is 0 Å². The monoisotopic (exact) mass is 404 g/mol. The van der Waals surface area contributed by atoms with E-state index in [-0.39, 0.29) is 43.8 Å². The van der Waals surface area contributed by atoms with Crippen LogP contribution in [0.3, 0.4) is 0 Å². The second-order valence-electron chi connectivity index (χ2n) is 5.53. The molecule has 0 aliphatic carbocycles. The third kappa shape index (κ3) is 9.36. The Labute approximate surface area is 167 Å². The lowest BCUT2D eigenvalue weighted by Gasteiger charge is -2.10. The molecular formula is C19H27Cl2FN2O2. The van der Waals surface area contributed by atoms with E-state index in [4.69, 9.17) is 9.84 Å². The molecule has 0 heterocycles. The number of nitrogens with one attached hydrogen (secondary N) is 2. The summed E-state index contributed by atoms with van der Waals surface area (Å²) in [4.78, 5) is 0. The highest BCUT2D eigenvalue weighted by Crippen LogP contribution is 2.16. The molecule has 3 N–H and O–H groups in total. The Hall–Kier alpha value is -1.37. The average Bonchev–Trinajstić information content (AvgIpc) is 2.61. The minimum Gasteiger partial charge on any atom is -0.489 e. The molecule has 0 saturated carbocycles. The van der Waals surface area contributed by atoms with Gasteiger partial charge in [-0.05, 0) is 43.3 Å². The van der Waals surface area contributed by atoms with E-state index in [0.717, 1.165) is 37.4 Å². The fourth-order valence-corrected chi connectivity index (χ4v) is 2.30. The fraction of sp³-hybridized carbons (Fsp3) is 0.368. The Morgan fingerprint density at radius 2 is 1.69 bits per heavy atom. The lowest BCUT2D eigenvalue weighted by Crippen LogP contribution is -2.23. The Bertz CT molecular complexity index is 618. The SMILES string of the molecule is Cl.Cl.OCCNCCCNCc1cccc(OCc2ccccc2F)c1. The summed E-state index contributed by atoms with van der Waals surface area (Å²) in [5, 5.41) is 15.2. The van der Waals surface area contributed by atoms with Crippen LogP contribution in [0.5, 0.6) is 5.75 Å². The highest BCUT2D eigenvalue weighted by atomic mass is 35.5. The van der Waals surface area contributed by atoms with Crippen LogP contribution in [-0.4, -0.2) is 31.3 Å². The van der Waals surface area contributed by atoms with E-state index in [1.807, 2.05) is 24.3 Å². The van der Waals surface area contributed by atoms with Gasteiger partial charge in [-0.25, -0.2) is 4.39 Å². The average molecular weight is 405 g/mol. The second-order valence-corrected chi connectivity index (χ2v) is 5.53. The number of hydrogen-bond acceptors (Lipinski definition) is 4. The predicted molar refractivity (Wildman–Crippen MR) is 108 cm³/mol. The highest BCUT2D eigenvalue weighted by Gasteiger charge is 2.02. The molecule has 146 valence electrons. The van der Waals surface area contributed by atoms with Crippen molar-refractivity contribution >= 4 is 24.8 Å². The number of ether oxygens (including phenoxy) is 1. The molecule has 4 nitrogen and oxygen atoms in total. The van der Waals surface area contributed by atoms with Crippen LogP contribution in [0.15, 0.2) is 48.5 Å². The molecule has 0 unspecified atom stereocenters. The fourth-order valence-electron chi connectivity index (χ4n) is 2.30. The summed E-state index contributed by atoms with van der Waals surface area (Å²) in [5.41, 5.74) is 1.68. The number of rotatable bonds is 11. The Balaban J connectivity index is 0.00000312. The first-order chi connectivity index (χ1) is 11.8. The smallest absolute Gasteiger partial charge is 0.129 e. The van der Waals surface area contributed by atoms with E-state index in [1.165, 1.54) is 6.07 Å². The van der Waals surface area contributed by atoms with E-state index in [0.29, 0.717) is 12.1 Å². The van der Waals surface area contributed by atoms with Gasteiger partial charge in [-0.1, -0.05) is 30.3 Å². The zero-order chi connectivity index (χ0) is 17.0. The molecule has 0 atom stereocenters. The van der Waals surface area contributed by atoms with Gasteiger partial charge >= 0.3 is 0 Å². The number of aliphatic hydroxyl groups is 1. The van der Waals surface area contributed by atoms with Crippen molar-refractivity contribution in [3.05, 3.63) is 65.5 Å². The molecule has 2 aromatic rings. The second kappa shape index (κ2) is 14.8. The first kappa shape index (κ1) is 24.6. The first-order valence-electron chi connectivity index (χ1n) is 8.27. The molecule has 26 heavy (non-hydrogen) atoms. The normalized spacial score (nSPS) is 9.92. The molecule has 0 fully saturated rings. The number of hydrogen-bond donors (Lipinski definition) is 3. The summed E-state index contributed by atoms with van der Waals surface area (Å²) < 4.78 is 19.3. The topological polar surface area (TPSA) is 53.5 Å². The predicted octanol–water partition coefficient (Wildman–Crippen LogP) is 3.31. The molecule has 0 aliphatic rings. The van der Waals surface area contributed by atoms with Gasteiger partial charge in [0.05, 0.1) is 6.61 Å². The Morgan fingerprint density at radius 3 is 2.46 bits per heavy atom. The molecule has 0 saturated heterocycles. The summed E-state index contributed by atoms with van der Waals surface area (Å²) in [6, 6.07) is 14.5. The van der Waals surface area contributed by atoms with Crippen LogP contribution < -0.4 is 15.4 Å². The van der Waals surface area contributed by atoms with Crippen molar-refractivity contribution in [2.75, 3.05) is 26.2 Å². The van der Waals surface area contributed by atoms with Crippen molar-refractivity contribution in [3.63, 3.8) is 0 Å². The third-order valence-corrected chi connectivity index (χ3v) is 3.58. The van der Waals surface area contributed by atoms with Crippen molar-refractivity contribution in [1.82, 2.24) is 10.6 Å². The summed E-state index contributed by atoms with van der Waals surface area (Å²) >= 11 is 0. The molecule has 0 aliphatic heterocycles. The van der Waals surface area contributed by atoms with Crippen LogP contribution >= 0.6 is 24.8 Å². The van der Waals surface area contributed by atoms with E-state index < -0.39 is 0 Å². The molecule has 0 spiro atoms. The number of benzene rings is 2. The van der Waals surface area contributed by atoms with Crippen LogP contribution in [0.4, 0.5) is 4.39 Å². The van der Waals surface area contributed by atoms with E-state index in [2.05, 4.69) is 10.6 Å². The van der Waals surface area contributed by atoms with Crippen LogP contribution in [-0.2, 0) is 13.2 Å². The summed E-state index contributed by atoms with van der Waals surface area (Å²) in [7, 11) is 0. The third-order valence-electron chi connectivity index (χ3n) is 3.58. The van der Waals surface area contributed by atoms with Crippen LogP contribution in [0.2, 0.25) is 0 Å². The molecule has 2 aromatic carbocycles. The molecular weight excluding hydrogens is 378 g/mol. The zero-order valence-corrected chi connectivity index (χ0v) is 16.3. The zero-order valence-electron chi connectivity index (χ0n) is 14.6. The van der Waals surface area contributed by atoms with Gasteiger partial charge in [-0.2, -0.15) is 0 Å². The Kier molecular flexibility index (Phi) is 14.0. The van der Waals surface area contributed by atoms with Crippen LogP contribution in [0.25, 0.3) is 0 Å². The van der Waals surface area contributed by atoms with Gasteiger partial charge < -0.3 is 20.5 Å². The largest absolute Gasteiger partial charge is 0.489 e. The quantitative estimate of drug-likeness (QED) is 0.502. The van der Waals surface area contributed by atoms with Gasteiger partial charge in [0.25, 0.3) is 0 Å². The van der Waals surface area contributed by atoms with Gasteiger partial charge in [0, 0.05) is 18.7 Å². The summed E-state index contributed by atoms with van der Waals surface area (Å²) in [6.07, 6.45) is 1.00. The van der Waals surface area contributed by atoms with Gasteiger partial charge in [0.2, 0.25) is 0 Å². The minimum absolute atomic E-state index is 0. The van der Waals surface area contributed by atoms with Gasteiger partial charge in [0.1, 0.15) is 18.2 Å². The molecule has 0 radical (unpaired) electrons. The van der Waals surface area contributed by atoms with Crippen LogP contribution in [0.1, 0.15) is 17.5 Å². The Morgan fingerprint density at radius 1 is 0.923 bits per heavy atom. The van der Waals surface area contributed by atoms with Gasteiger partial charge in [-0.3, -0.25) is 0 Å². The van der Waals surface area contributed by atoms with Crippen molar-refractivity contribution in [1.29, 1.82) is 0 Å². The van der Waals surface area contributed by atoms with E-state index in [9.17, 15) is 4.39 Å². The van der Waals surface area contributed by atoms with Crippen molar-refractivity contribution in [2.45, 2.75) is 19.6 Å². The maximum atomic E-state index is 13.6. The molecule has 2 rings (SSSR count). The minimum atomic E-state index is -0.245. The van der Waals surface area contributed by atoms with Crippen molar-refractivity contribution in [3.8, 4) is 5.75 Å². The highest BCUT2D eigenvalue weighted by molar-refractivity contribution is 5.85. The summed E-state index contributed by atoms with van der Waals surface area (Å²) in [6.45, 7) is 3.59. The first-order valence-corrected chi connectivity index (χ1v) is 8.27. The van der Waals surface area contributed by atoms with Crippen molar-refractivity contribution in [2.24, 2.45) is 0 Å². The number of halogens is 3. The van der Waals surface area contributed by atoms with E-state index in [1.54, 1.807) is 18.2 Å². The summed E-state index contributed by atoms with van der Waals surface area (Å²) in [5.74, 6) is 0.493. The molecule has 0 amide bonds. The number of aliphatic hydroxyl groups excluding tert-OH is 1. The molecule has 0 bridgehead atoms.